The third kappa shape index (κ3) is 5.45. The van der Waals surface area contributed by atoms with Crippen LogP contribution >= 0.6 is 0 Å². The third-order valence-electron chi connectivity index (χ3n) is 4.22. The summed E-state index contributed by atoms with van der Waals surface area (Å²) in [7, 11) is 1.82. The number of hydrogen-bond donors (Lipinski definition) is 1. The molecule has 0 saturated carbocycles. The molecule has 0 radical (unpaired) electrons. The number of hydrogen-bond acceptors (Lipinski definition) is 2. The normalized spacial score (nSPS) is 15.8. The first-order valence-corrected chi connectivity index (χ1v) is 8.59. The Labute approximate surface area is 136 Å². The van der Waals surface area contributed by atoms with E-state index in [9.17, 15) is 4.79 Å². The maximum absolute atomic E-state index is 11.3. The van der Waals surface area contributed by atoms with Crippen LogP contribution in [0.4, 0.5) is 5.69 Å². The summed E-state index contributed by atoms with van der Waals surface area (Å²) in [5.74, 6) is 0.723. The molecular formula is C19H32N2O. The van der Waals surface area contributed by atoms with E-state index in [0.29, 0.717) is 5.92 Å². The van der Waals surface area contributed by atoms with Gasteiger partial charge in [0, 0.05) is 19.7 Å². The molecule has 3 heteroatoms. The van der Waals surface area contributed by atoms with E-state index in [2.05, 4.69) is 38.2 Å². The summed E-state index contributed by atoms with van der Waals surface area (Å²) in [5, 5.41) is 3.28. The number of nitrogens with one attached hydrogen (secondary N) is 1. The average Bonchev–Trinajstić information content (AvgIpc) is 2.88. The van der Waals surface area contributed by atoms with Gasteiger partial charge in [-0.15, -0.1) is 0 Å². The highest BCUT2D eigenvalue weighted by atomic mass is 16.2. The van der Waals surface area contributed by atoms with Gasteiger partial charge in [-0.25, -0.2) is 0 Å². The minimum atomic E-state index is 0.0839. The molecule has 1 atom stereocenters. The van der Waals surface area contributed by atoms with Crippen molar-refractivity contribution in [2.24, 2.45) is 0 Å². The van der Waals surface area contributed by atoms with E-state index in [1.54, 1.807) is 11.8 Å². The molecule has 1 aliphatic carbocycles. The second-order valence-electron chi connectivity index (χ2n) is 6.15. The van der Waals surface area contributed by atoms with Gasteiger partial charge in [0.15, 0.2) is 0 Å². The molecule has 0 bridgehead atoms. The molecule has 3 nitrogen and oxygen atoms in total. The average molecular weight is 304 g/mol. The van der Waals surface area contributed by atoms with Crippen LogP contribution in [-0.2, 0) is 11.2 Å². The molecule has 2 rings (SSSR count). The zero-order chi connectivity index (χ0) is 16.5. The van der Waals surface area contributed by atoms with Crippen molar-refractivity contribution in [3.05, 3.63) is 29.3 Å². The van der Waals surface area contributed by atoms with Crippen molar-refractivity contribution >= 4 is 11.6 Å². The van der Waals surface area contributed by atoms with E-state index >= 15 is 0 Å². The summed E-state index contributed by atoms with van der Waals surface area (Å²) in [6.07, 6.45) is 4.92. The Bertz CT molecular complexity index is 467. The smallest absolute Gasteiger partial charge is 0.223 e. The van der Waals surface area contributed by atoms with Crippen LogP contribution in [0.1, 0.15) is 64.0 Å². The van der Waals surface area contributed by atoms with Crippen molar-refractivity contribution in [1.82, 2.24) is 5.32 Å². The third-order valence-corrected chi connectivity index (χ3v) is 4.22. The fourth-order valence-electron chi connectivity index (χ4n) is 2.67. The zero-order valence-corrected chi connectivity index (χ0v) is 14.9. The fraction of sp³-hybridized carbons (Fsp3) is 0.632. The Balaban J connectivity index is 0.000000295. The molecule has 0 fully saturated rings. The highest BCUT2D eigenvalue weighted by Gasteiger charge is 2.19. The Morgan fingerprint density at radius 2 is 1.91 bits per heavy atom. The second-order valence-corrected chi connectivity index (χ2v) is 6.15. The quantitative estimate of drug-likeness (QED) is 0.830. The number of fused-ring (bicyclic) bond motifs is 1. The van der Waals surface area contributed by atoms with E-state index in [1.165, 1.54) is 49.9 Å². The number of carbonyl (C=O) groups excluding carboxylic acids is 1. The van der Waals surface area contributed by atoms with Gasteiger partial charge < -0.3 is 10.2 Å². The number of carbonyl (C=O) groups is 1. The van der Waals surface area contributed by atoms with Gasteiger partial charge in [0.25, 0.3) is 0 Å². The van der Waals surface area contributed by atoms with Gasteiger partial charge in [0.05, 0.1) is 0 Å². The lowest BCUT2D eigenvalue weighted by Crippen LogP contribution is -2.22. The molecule has 0 heterocycles. The van der Waals surface area contributed by atoms with E-state index < -0.39 is 0 Å². The molecule has 0 saturated heterocycles. The van der Waals surface area contributed by atoms with Gasteiger partial charge in [-0.2, -0.15) is 0 Å². The van der Waals surface area contributed by atoms with Crippen molar-refractivity contribution in [1.29, 1.82) is 0 Å². The van der Waals surface area contributed by atoms with Crippen LogP contribution in [-0.4, -0.2) is 26.0 Å². The fourth-order valence-corrected chi connectivity index (χ4v) is 2.67. The summed E-state index contributed by atoms with van der Waals surface area (Å²) in [6, 6.07) is 6.36. The molecule has 1 aliphatic rings. The van der Waals surface area contributed by atoms with E-state index in [4.69, 9.17) is 0 Å². The van der Waals surface area contributed by atoms with Crippen molar-refractivity contribution in [2.75, 3.05) is 25.0 Å². The lowest BCUT2D eigenvalue weighted by molar-refractivity contribution is -0.116. The molecular weight excluding hydrogens is 272 g/mol. The first-order chi connectivity index (χ1) is 10.5. The van der Waals surface area contributed by atoms with E-state index in [0.717, 1.165) is 5.69 Å². The standard InChI is InChI=1S/C13H17NO.C6H15N/c1-9-4-5-11-6-7-12(8-13(9)11)14(3)10(2)15;1-3-5-7-6-4-2/h6-9H,4-5H2,1-3H3;7H,3-6H2,1-2H3. The minimum absolute atomic E-state index is 0.0839. The number of rotatable bonds is 5. The first kappa shape index (κ1) is 18.7. The summed E-state index contributed by atoms with van der Waals surface area (Å²) < 4.78 is 0. The Morgan fingerprint density at radius 3 is 2.45 bits per heavy atom. The molecule has 1 unspecified atom stereocenters. The highest BCUT2D eigenvalue weighted by molar-refractivity contribution is 5.91. The van der Waals surface area contributed by atoms with Crippen molar-refractivity contribution < 1.29 is 4.79 Å². The molecule has 0 aromatic heterocycles. The van der Waals surface area contributed by atoms with Crippen LogP contribution in [0.15, 0.2) is 18.2 Å². The molecule has 0 aliphatic heterocycles. The minimum Gasteiger partial charge on any atom is -0.317 e. The number of amides is 1. The first-order valence-electron chi connectivity index (χ1n) is 8.59. The predicted octanol–water partition coefficient (Wildman–Crippen LogP) is 4.12. The lowest BCUT2D eigenvalue weighted by Gasteiger charge is -2.17. The Kier molecular flexibility index (Phi) is 8.18. The molecule has 1 aromatic rings. The van der Waals surface area contributed by atoms with Gasteiger partial charge in [0.1, 0.15) is 0 Å². The Morgan fingerprint density at radius 1 is 1.27 bits per heavy atom. The maximum atomic E-state index is 11.3. The summed E-state index contributed by atoms with van der Waals surface area (Å²) in [5.41, 5.74) is 3.87. The molecule has 124 valence electrons. The maximum Gasteiger partial charge on any atom is 0.223 e. The van der Waals surface area contributed by atoms with Crippen LogP contribution in [0, 0.1) is 0 Å². The van der Waals surface area contributed by atoms with Gasteiger partial charge in [-0.3, -0.25) is 4.79 Å². The highest BCUT2D eigenvalue weighted by Crippen LogP contribution is 2.34. The topological polar surface area (TPSA) is 32.3 Å². The summed E-state index contributed by atoms with van der Waals surface area (Å²) >= 11 is 0. The van der Waals surface area contributed by atoms with E-state index in [1.807, 2.05) is 13.1 Å². The van der Waals surface area contributed by atoms with Crippen LogP contribution in [0.2, 0.25) is 0 Å². The SMILES string of the molecule is CC(=O)N(C)c1ccc2c(c1)C(C)CC2.CCCNCCC. The number of anilines is 1. The molecule has 1 aromatic carbocycles. The molecule has 1 N–H and O–H groups in total. The van der Waals surface area contributed by atoms with Gasteiger partial charge in [0.2, 0.25) is 5.91 Å². The number of aryl methyl sites for hydroxylation is 1. The zero-order valence-electron chi connectivity index (χ0n) is 14.9. The van der Waals surface area contributed by atoms with Crippen LogP contribution in [0.3, 0.4) is 0 Å². The second kappa shape index (κ2) is 9.62. The van der Waals surface area contributed by atoms with Crippen molar-refractivity contribution in [3.63, 3.8) is 0 Å². The largest absolute Gasteiger partial charge is 0.317 e. The number of nitrogens with zero attached hydrogens (tertiary/aromatic N) is 1. The molecule has 0 spiro atoms. The Hall–Kier alpha value is -1.35. The predicted molar refractivity (Wildman–Crippen MR) is 95.7 cm³/mol. The monoisotopic (exact) mass is 304 g/mol. The molecule has 22 heavy (non-hydrogen) atoms. The summed E-state index contributed by atoms with van der Waals surface area (Å²) in [4.78, 5) is 13.0. The number of benzene rings is 1. The van der Waals surface area contributed by atoms with Gasteiger partial charge in [-0.1, -0.05) is 26.8 Å². The van der Waals surface area contributed by atoms with Crippen LogP contribution in [0.25, 0.3) is 0 Å². The lowest BCUT2D eigenvalue weighted by atomic mass is 10.0. The van der Waals surface area contributed by atoms with Crippen molar-refractivity contribution in [2.45, 2.75) is 59.3 Å². The van der Waals surface area contributed by atoms with Crippen LogP contribution in [0.5, 0.6) is 0 Å². The van der Waals surface area contributed by atoms with Gasteiger partial charge in [-0.05, 0) is 68.0 Å². The van der Waals surface area contributed by atoms with Crippen molar-refractivity contribution in [3.8, 4) is 0 Å². The van der Waals surface area contributed by atoms with Gasteiger partial charge >= 0.3 is 0 Å². The van der Waals surface area contributed by atoms with E-state index in [-0.39, 0.29) is 5.91 Å². The summed E-state index contributed by atoms with van der Waals surface area (Å²) in [6.45, 7) is 10.6. The van der Waals surface area contributed by atoms with Crippen LogP contribution < -0.4 is 10.2 Å². The molecule has 1 amide bonds.